The van der Waals surface area contributed by atoms with Gasteiger partial charge in [-0.05, 0) is 12.5 Å². The minimum absolute atomic E-state index is 0.294. The van der Waals surface area contributed by atoms with Crippen molar-refractivity contribution in [2.75, 3.05) is 6.61 Å². The van der Waals surface area contributed by atoms with Gasteiger partial charge in [0.05, 0.1) is 31.8 Å². The lowest BCUT2D eigenvalue weighted by Crippen LogP contribution is -2.05. The summed E-state index contributed by atoms with van der Waals surface area (Å²) in [5.74, 6) is 0.702. The van der Waals surface area contributed by atoms with Crippen LogP contribution in [0.2, 0.25) is 0 Å². The van der Waals surface area contributed by atoms with Gasteiger partial charge in [0.25, 0.3) is 0 Å². The molecule has 7 heteroatoms. The molecular formula is C12H12N6O. The number of aryl methyl sites for hydroxylation is 1. The van der Waals surface area contributed by atoms with Crippen LogP contribution in [-0.4, -0.2) is 42.0 Å². The van der Waals surface area contributed by atoms with Crippen LogP contribution < -0.4 is 0 Å². The van der Waals surface area contributed by atoms with Crippen molar-refractivity contribution < 1.29 is 4.74 Å². The van der Waals surface area contributed by atoms with E-state index < -0.39 is 0 Å². The van der Waals surface area contributed by atoms with Gasteiger partial charge in [-0.15, -0.1) is 0 Å². The minimum Gasteiger partial charge on any atom is -0.371 e. The van der Waals surface area contributed by atoms with Gasteiger partial charge in [-0.25, -0.2) is 19.6 Å². The molecule has 0 N–H and O–H groups in total. The maximum absolute atomic E-state index is 5.24. The highest BCUT2D eigenvalue weighted by Crippen LogP contribution is 2.19. The van der Waals surface area contributed by atoms with Crippen molar-refractivity contribution in [3.63, 3.8) is 0 Å². The second-order valence-corrected chi connectivity index (χ2v) is 4.68. The van der Waals surface area contributed by atoms with Crippen LogP contribution in [0.5, 0.6) is 0 Å². The van der Waals surface area contributed by atoms with Gasteiger partial charge in [0, 0.05) is 6.20 Å². The highest BCUT2D eigenvalue weighted by Gasteiger charge is 2.24. The first-order valence-corrected chi connectivity index (χ1v) is 6.10. The summed E-state index contributed by atoms with van der Waals surface area (Å²) in [7, 11) is 0. The zero-order valence-electron chi connectivity index (χ0n) is 10.4. The van der Waals surface area contributed by atoms with Gasteiger partial charge in [-0.3, -0.25) is 0 Å². The predicted molar refractivity (Wildman–Crippen MR) is 66.9 cm³/mol. The van der Waals surface area contributed by atoms with Gasteiger partial charge < -0.3 is 9.30 Å². The van der Waals surface area contributed by atoms with E-state index in [1.54, 1.807) is 23.5 Å². The second-order valence-electron chi connectivity index (χ2n) is 4.68. The molecule has 4 heterocycles. The van der Waals surface area contributed by atoms with Crippen LogP contribution in [0.1, 0.15) is 5.56 Å². The molecule has 0 aromatic carbocycles. The van der Waals surface area contributed by atoms with Crippen molar-refractivity contribution in [3.05, 3.63) is 30.6 Å². The van der Waals surface area contributed by atoms with Crippen LogP contribution in [0.25, 0.3) is 17.0 Å². The Balaban J connectivity index is 1.85. The molecule has 1 saturated heterocycles. The van der Waals surface area contributed by atoms with Gasteiger partial charge in [0.2, 0.25) is 0 Å². The molecular weight excluding hydrogens is 244 g/mol. The van der Waals surface area contributed by atoms with Crippen LogP contribution in [0.15, 0.2) is 25.0 Å². The summed E-state index contributed by atoms with van der Waals surface area (Å²) in [5, 5.41) is 4.27. The third kappa shape index (κ3) is 1.78. The fraction of sp³-hybridized carbons (Fsp3) is 0.333. The van der Waals surface area contributed by atoms with Crippen LogP contribution in [0.4, 0.5) is 0 Å². The first kappa shape index (κ1) is 10.6. The third-order valence-electron chi connectivity index (χ3n) is 3.11. The lowest BCUT2D eigenvalue weighted by Gasteiger charge is -2.02. The zero-order chi connectivity index (χ0) is 12.8. The molecule has 3 aromatic heterocycles. The van der Waals surface area contributed by atoms with Gasteiger partial charge in [-0.2, -0.15) is 5.10 Å². The fourth-order valence-corrected chi connectivity index (χ4v) is 2.09. The largest absolute Gasteiger partial charge is 0.371 e. The lowest BCUT2D eigenvalue weighted by atomic mass is 10.4. The monoisotopic (exact) mass is 256 g/mol. The number of hydrogen-bond donors (Lipinski definition) is 0. The average Bonchev–Trinajstić information content (AvgIpc) is 2.98. The SMILES string of the molecule is Cc1cnn(-c2ncnc3c2ncn3CC2CO2)c1. The molecule has 4 rings (SSSR count). The van der Waals surface area contributed by atoms with E-state index in [9.17, 15) is 0 Å². The zero-order valence-corrected chi connectivity index (χ0v) is 10.4. The molecule has 0 bridgehead atoms. The number of imidazole rings is 1. The smallest absolute Gasteiger partial charge is 0.184 e. The molecule has 1 unspecified atom stereocenters. The van der Waals surface area contributed by atoms with Crippen molar-refractivity contribution in [2.24, 2.45) is 0 Å². The van der Waals surface area contributed by atoms with Gasteiger partial charge in [0.15, 0.2) is 17.0 Å². The third-order valence-corrected chi connectivity index (χ3v) is 3.11. The highest BCUT2D eigenvalue weighted by atomic mass is 16.6. The number of rotatable bonds is 3. The van der Waals surface area contributed by atoms with E-state index >= 15 is 0 Å². The van der Waals surface area contributed by atoms with E-state index in [1.165, 1.54) is 0 Å². The molecule has 0 radical (unpaired) electrons. The van der Waals surface area contributed by atoms with Gasteiger partial charge in [0.1, 0.15) is 6.33 Å². The molecule has 7 nitrogen and oxygen atoms in total. The van der Waals surface area contributed by atoms with Gasteiger partial charge >= 0.3 is 0 Å². The van der Waals surface area contributed by atoms with Crippen LogP contribution >= 0.6 is 0 Å². The summed E-state index contributed by atoms with van der Waals surface area (Å²) in [6.07, 6.45) is 7.33. The normalized spacial score (nSPS) is 18.1. The first-order chi connectivity index (χ1) is 9.31. The van der Waals surface area contributed by atoms with Crippen molar-refractivity contribution in [1.29, 1.82) is 0 Å². The van der Waals surface area contributed by atoms with Crippen molar-refractivity contribution in [1.82, 2.24) is 29.3 Å². The molecule has 1 aliphatic heterocycles. The second kappa shape index (κ2) is 3.86. The minimum atomic E-state index is 0.294. The summed E-state index contributed by atoms with van der Waals surface area (Å²) >= 11 is 0. The molecule has 0 amide bonds. The molecule has 0 aliphatic carbocycles. The van der Waals surface area contributed by atoms with Crippen LogP contribution in [0.3, 0.4) is 0 Å². The Morgan fingerprint density at radius 2 is 2.26 bits per heavy atom. The fourth-order valence-electron chi connectivity index (χ4n) is 2.09. The van der Waals surface area contributed by atoms with E-state index in [-0.39, 0.29) is 0 Å². The van der Waals surface area contributed by atoms with E-state index in [2.05, 4.69) is 20.1 Å². The summed E-state index contributed by atoms with van der Waals surface area (Å²) in [4.78, 5) is 13.0. The van der Waals surface area contributed by atoms with Crippen LogP contribution in [0, 0.1) is 6.92 Å². The number of ether oxygens (including phenoxy) is 1. The maximum atomic E-state index is 5.24. The topological polar surface area (TPSA) is 74.0 Å². The Hall–Kier alpha value is -2.28. The Labute approximate surface area is 108 Å². The molecule has 0 spiro atoms. The Bertz CT molecular complexity index is 742. The van der Waals surface area contributed by atoms with Crippen molar-refractivity contribution in [2.45, 2.75) is 19.6 Å². The average molecular weight is 256 g/mol. The van der Waals surface area contributed by atoms with E-state index in [4.69, 9.17) is 4.74 Å². The Morgan fingerprint density at radius 1 is 1.37 bits per heavy atom. The quantitative estimate of drug-likeness (QED) is 0.645. The van der Waals surface area contributed by atoms with Crippen molar-refractivity contribution >= 4 is 11.2 Å². The number of hydrogen-bond acceptors (Lipinski definition) is 5. The van der Waals surface area contributed by atoms with Crippen LogP contribution in [-0.2, 0) is 11.3 Å². The summed E-state index contributed by atoms with van der Waals surface area (Å²) in [6, 6.07) is 0. The molecule has 0 saturated carbocycles. The Morgan fingerprint density at radius 3 is 3.00 bits per heavy atom. The molecule has 1 atom stereocenters. The number of fused-ring (bicyclic) bond motifs is 1. The first-order valence-electron chi connectivity index (χ1n) is 6.10. The number of epoxide rings is 1. The molecule has 3 aromatic rings. The van der Waals surface area contributed by atoms with E-state index in [0.29, 0.717) is 11.9 Å². The lowest BCUT2D eigenvalue weighted by molar-refractivity contribution is 0.384. The summed E-state index contributed by atoms with van der Waals surface area (Å²) in [6.45, 7) is 3.59. The summed E-state index contributed by atoms with van der Waals surface area (Å²) < 4.78 is 8.96. The highest BCUT2D eigenvalue weighted by molar-refractivity contribution is 5.78. The maximum Gasteiger partial charge on any atom is 0.184 e. The summed E-state index contributed by atoms with van der Waals surface area (Å²) in [5.41, 5.74) is 2.65. The van der Waals surface area contributed by atoms with E-state index in [0.717, 1.165) is 29.9 Å². The predicted octanol–water partition coefficient (Wildman–Crippen LogP) is 0.719. The standard InChI is InChI=1S/C12H12N6O/c1-8-2-16-18(3-8)12-10-11(13-6-14-12)17(7-15-10)4-9-5-19-9/h2-3,6-7,9H,4-5H2,1H3. The van der Waals surface area contributed by atoms with Crippen molar-refractivity contribution in [3.8, 4) is 5.82 Å². The number of aromatic nitrogens is 6. The number of nitrogens with zero attached hydrogens (tertiary/aromatic N) is 6. The molecule has 96 valence electrons. The molecule has 1 aliphatic rings. The molecule has 19 heavy (non-hydrogen) atoms. The molecule has 1 fully saturated rings. The Kier molecular flexibility index (Phi) is 2.16. The van der Waals surface area contributed by atoms with Gasteiger partial charge in [-0.1, -0.05) is 0 Å². The van der Waals surface area contributed by atoms with E-state index in [1.807, 2.05) is 17.7 Å².